The molecular formula is C12H14FN3O2. The van der Waals surface area contributed by atoms with Gasteiger partial charge in [0.05, 0.1) is 19.0 Å². The quantitative estimate of drug-likeness (QED) is 0.790. The topological polar surface area (TPSA) is 60.2 Å². The highest BCUT2D eigenvalue weighted by molar-refractivity contribution is 5.59. The number of halogens is 1. The predicted molar refractivity (Wildman–Crippen MR) is 63.3 cm³/mol. The summed E-state index contributed by atoms with van der Waals surface area (Å²) < 4.78 is 23.2. The van der Waals surface area contributed by atoms with Gasteiger partial charge in [0.1, 0.15) is 5.82 Å². The lowest BCUT2D eigenvalue weighted by molar-refractivity contribution is 0.199. The molecule has 0 aliphatic carbocycles. The molecule has 0 aliphatic heterocycles. The number of methoxy groups -OCH3 is 1. The van der Waals surface area contributed by atoms with Gasteiger partial charge < -0.3 is 14.6 Å². The van der Waals surface area contributed by atoms with Crippen molar-refractivity contribution >= 4 is 0 Å². The van der Waals surface area contributed by atoms with Crippen LogP contribution in [0.5, 0.6) is 0 Å². The molecule has 0 saturated carbocycles. The van der Waals surface area contributed by atoms with Crippen LogP contribution in [0, 0.1) is 5.82 Å². The van der Waals surface area contributed by atoms with Crippen molar-refractivity contribution in [3.05, 3.63) is 36.0 Å². The molecule has 2 aromatic heterocycles. The highest BCUT2D eigenvalue weighted by Gasteiger charge is 2.11. The molecule has 0 amide bonds. The number of nitrogens with zero attached hydrogens (tertiary/aromatic N) is 2. The predicted octanol–water partition coefficient (Wildman–Crippen LogP) is 1.61. The Morgan fingerprint density at radius 2 is 2.28 bits per heavy atom. The standard InChI is InChI=1S/C12H14FN3O2/c1-17-3-2-14-6-10-7-16-18-12(10)9-4-11(13)8-15-5-9/h4-5,7-8,14H,2-3,6H2,1H3. The minimum Gasteiger partial charge on any atom is -0.383 e. The summed E-state index contributed by atoms with van der Waals surface area (Å²) in [6.45, 7) is 1.93. The molecule has 0 aliphatic rings. The van der Waals surface area contributed by atoms with Gasteiger partial charge in [0, 0.05) is 37.5 Å². The molecule has 18 heavy (non-hydrogen) atoms. The molecule has 0 spiro atoms. The Hall–Kier alpha value is -1.79. The van der Waals surface area contributed by atoms with E-state index in [1.54, 1.807) is 19.5 Å². The lowest BCUT2D eigenvalue weighted by Crippen LogP contribution is -2.18. The number of hydrogen-bond donors (Lipinski definition) is 1. The first kappa shape index (κ1) is 12.7. The summed E-state index contributed by atoms with van der Waals surface area (Å²) >= 11 is 0. The average Bonchev–Trinajstić information content (AvgIpc) is 2.83. The van der Waals surface area contributed by atoms with Crippen LogP contribution >= 0.6 is 0 Å². The molecule has 2 heterocycles. The van der Waals surface area contributed by atoms with Gasteiger partial charge in [0.25, 0.3) is 0 Å². The van der Waals surface area contributed by atoms with Crippen LogP contribution in [0.1, 0.15) is 5.56 Å². The van der Waals surface area contributed by atoms with Crippen LogP contribution in [0.2, 0.25) is 0 Å². The van der Waals surface area contributed by atoms with Crippen molar-refractivity contribution in [1.29, 1.82) is 0 Å². The van der Waals surface area contributed by atoms with Gasteiger partial charge in [-0.3, -0.25) is 4.98 Å². The first-order chi connectivity index (χ1) is 8.81. The van der Waals surface area contributed by atoms with Crippen molar-refractivity contribution in [2.45, 2.75) is 6.54 Å². The van der Waals surface area contributed by atoms with E-state index >= 15 is 0 Å². The molecule has 0 atom stereocenters. The van der Waals surface area contributed by atoms with Crippen LogP contribution in [0.4, 0.5) is 4.39 Å². The van der Waals surface area contributed by atoms with Gasteiger partial charge in [-0.15, -0.1) is 0 Å². The van der Waals surface area contributed by atoms with E-state index in [1.165, 1.54) is 6.07 Å². The van der Waals surface area contributed by atoms with E-state index in [4.69, 9.17) is 9.26 Å². The summed E-state index contributed by atoms with van der Waals surface area (Å²) in [5.74, 6) is 0.133. The fourth-order valence-electron chi connectivity index (χ4n) is 1.56. The summed E-state index contributed by atoms with van der Waals surface area (Å²) in [6.07, 6.45) is 4.30. The second-order valence-electron chi connectivity index (χ2n) is 3.74. The van der Waals surface area contributed by atoms with E-state index in [2.05, 4.69) is 15.5 Å². The minimum absolute atomic E-state index is 0.401. The fraction of sp³-hybridized carbons (Fsp3) is 0.333. The molecular weight excluding hydrogens is 237 g/mol. The molecule has 0 unspecified atom stereocenters. The van der Waals surface area contributed by atoms with Crippen LogP contribution in [-0.4, -0.2) is 30.4 Å². The third-order valence-electron chi connectivity index (χ3n) is 2.41. The second kappa shape index (κ2) is 6.23. The van der Waals surface area contributed by atoms with Gasteiger partial charge in [-0.2, -0.15) is 0 Å². The minimum atomic E-state index is -0.401. The molecule has 0 saturated heterocycles. The van der Waals surface area contributed by atoms with Gasteiger partial charge in [-0.25, -0.2) is 4.39 Å². The molecule has 2 aromatic rings. The first-order valence-corrected chi connectivity index (χ1v) is 5.55. The van der Waals surface area contributed by atoms with E-state index in [0.29, 0.717) is 24.5 Å². The second-order valence-corrected chi connectivity index (χ2v) is 3.74. The lowest BCUT2D eigenvalue weighted by Gasteiger charge is -2.03. The zero-order chi connectivity index (χ0) is 12.8. The van der Waals surface area contributed by atoms with E-state index in [1.807, 2.05) is 0 Å². The summed E-state index contributed by atoms with van der Waals surface area (Å²) in [6, 6.07) is 1.37. The maximum Gasteiger partial charge on any atom is 0.172 e. The molecule has 5 nitrogen and oxygen atoms in total. The zero-order valence-electron chi connectivity index (χ0n) is 10.0. The molecule has 0 aromatic carbocycles. The van der Waals surface area contributed by atoms with Gasteiger partial charge in [0.15, 0.2) is 5.76 Å². The van der Waals surface area contributed by atoms with Crippen LogP contribution in [0.3, 0.4) is 0 Å². The van der Waals surface area contributed by atoms with Gasteiger partial charge in [-0.1, -0.05) is 5.16 Å². The van der Waals surface area contributed by atoms with Crippen LogP contribution in [0.15, 0.2) is 29.2 Å². The van der Waals surface area contributed by atoms with Crippen LogP contribution < -0.4 is 5.32 Å². The normalized spacial score (nSPS) is 10.8. The summed E-state index contributed by atoms with van der Waals surface area (Å²) in [5.41, 5.74) is 1.44. The Balaban J connectivity index is 2.08. The number of pyridine rings is 1. The van der Waals surface area contributed by atoms with Crippen molar-refractivity contribution in [3.63, 3.8) is 0 Å². The smallest absolute Gasteiger partial charge is 0.172 e. The van der Waals surface area contributed by atoms with E-state index in [0.717, 1.165) is 18.3 Å². The maximum absolute atomic E-state index is 13.1. The molecule has 0 fully saturated rings. The number of hydrogen-bond acceptors (Lipinski definition) is 5. The summed E-state index contributed by atoms with van der Waals surface area (Å²) in [7, 11) is 1.64. The van der Waals surface area contributed by atoms with Gasteiger partial charge >= 0.3 is 0 Å². The van der Waals surface area contributed by atoms with Crippen molar-refractivity contribution < 1.29 is 13.7 Å². The van der Waals surface area contributed by atoms with Crippen molar-refractivity contribution in [2.75, 3.05) is 20.3 Å². The molecule has 2 rings (SSSR count). The molecule has 6 heteroatoms. The van der Waals surface area contributed by atoms with Crippen molar-refractivity contribution in [2.24, 2.45) is 0 Å². The molecule has 0 bridgehead atoms. The Bertz CT molecular complexity index is 502. The summed E-state index contributed by atoms with van der Waals surface area (Å²) in [4.78, 5) is 3.79. The number of nitrogens with one attached hydrogen (secondary N) is 1. The average molecular weight is 251 g/mol. The van der Waals surface area contributed by atoms with Crippen molar-refractivity contribution in [3.8, 4) is 11.3 Å². The number of rotatable bonds is 6. The largest absolute Gasteiger partial charge is 0.383 e. The monoisotopic (exact) mass is 251 g/mol. The van der Waals surface area contributed by atoms with E-state index in [9.17, 15) is 4.39 Å². The molecule has 96 valence electrons. The number of aromatic nitrogens is 2. The third kappa shape index (κ3) is 3.12. The van der Waals surface area contributed by atoms with Gasteiger partial charge in [-0.05, 0) is 6.07 Å². The zero-order valence-corrected chi connectivity index (χ0v) is 10.0. The first-order valence-electron chi connectivity index (χ1n) is 5.55. The van der Waals surface area contributed by atoms with Crippen LogP contribution in [-0.2, 0) is 11.3 Å². The van der Waals surface area contributed by atoms with Gasteiger partial charge in [0.2, 0.25) is 0 Å². The number of ether oxygens (including phenoxy) is 1. The van der Waals surface area contributed by atoms with E-state index in [-0.39, 0.29) is 0 Å². The summed E-state index contributed by atoms with van der Waals surface area (Å²) in [5, 5.41) is 6.90. The Kier molecular flexibility index (Phi) is 4.38. The van der Waals surface area contributed by atoms with E-state index < -0.39 is 5.82 Å². The Morgan fingerprint density at radius 3 is 3.06 bits per heavy atom. The lowest BCUT2D eigenvalue weighted by atomic mass is 10.1. The Morgan fingerprint density at radius 1 is 1.39 bits per heavy atom. The Labute approximate surface area is 104 Å². The van der Waals surface area contributed by atoms with Crippen LogP contribution in [0.25, 0.3) is 11.3 Å². The SMILES string of the molecule is COCCNCc1cnoc1-c1cncc(F)c1. The van der Waals surface area contributed by atoms with Crippen molar-refractivity contribution in [1.82, 2.24) is 15.5 Å². The highest BCUT2D eigenvalue weighted by Crippen LogP contribution is 2.23. The maximum atomic E-state index is 13.1. The highest BCUT2D eigenvalue weighted by atomic mass is 19.1. The fourth-order valence-corrected chi connectivity index (χ4v) is 1.56. The third-order valence-corrected chi connectivity index (χ3v) is 2.41. The molecule has 0 radical (unpaired) electrons. The molecule has 1 N–H and O–H groups in total.